The van der Waals surface area contributed by atoms with Crippen LogP contribution >= 0.6 is 0 Å². The molecule has 1 heterocycles. The molecule has 1 amide bonds. The summed E-state index contributed by atoms with van der Waals surface area (Å²) in [7, 11) is 0. The summed E-state index contributed by atoms with van der Waals surface area (Å²) in [5.74, 6) is 0.807. The van der Waals surface area contributed by atoms with Crippen LogP contribution in [0.25, 0.3) is 0 Å². The maximum absolute atomic E-state index is 11.0. The van der Waals surface area contributed by atoms with Gasteiger partial charge in [-0.15, -0.1) is 0 Å². The minimum absolute atomic E-state index is 0.0454. The lowest BCUT2D eigenvalue weighted by Crippen LogP contribution is -2.46. The van der Waals surface area contributed by atoms with Crippen molar-refractivity contribution >= 4 is 5.91 Å². The molecule has 0 spiro atoms. The Morgan fingerprint density at radius 3 is 2.94 bits per heavy atom. The SMILES string of the molecule is O=C1COCC(CCOc2ccccc2)N1. The second-order valence-corrected chi connectivity index (χ2v) is 3.73. The van der Waals surface area contributed by atoms with Gasteiger partial charge in [-0.25, -0.2) is 0 Å². The van der Waals surface area contributed by atoms with Gasteiger partial charge in [0.1, 0.15) is 12.4 Å². The Balaban J connectivity index is 1.70. The smallest absolute Gasteiger partial charge is 0.246 e. The highest BCUT2D eigenvalue weighted by Crippen LogP contribution is 2.09. The largest absolute Gasteiger partial charge is 0.494 e. The maximum Gasteiger partial charge on any atom is 0.246 e. The number of carbonyl (C=O) groups excluding carboxylic acids is 1. The molecule has 1 saturated heterocycles. The average molecular weight is 221 g/mol. The molecule has 1 aliphatic rings. The highest BCUT2D eigenvalue weighted by molar-refractivity contribution is 5.78. The van der Waals surface area contributed by atoms with Crippen LogP contribution in [0, 0.1) is 0 Å². The summed E-state index contributed by atoms with van der Waals surface area (Å²) in [6.07, 6.45) is 0.765. The number of ether oxygens (including phenoxy) is 2. The fraction of sp³-hybridized carbons (Fsp3) is 0.417. The van der Waals surface area contributed by atoms with Gasteiger partial charge in [-0.2, -0.15) is 0 Å². The van der Waals surface area contributed by atoms with E-state index < -0.39 is 0 Å². The van der Waals surface area contributed by atoms with E-state index in [0.717, 1.165) is 12.2 Å². The van der Waals surface area contributed by atoms with Gasteiger partial charge in [0.05, 0.1) is 19.3 Å². The van der Waals surface area contributed by atoms with Gasteiger partial charge in [-0.3, -0.25) is 4.79 Å². The van der Waals surface area contributed by atoms with Crippen LogP contribution in [0.4, 0.5) is 0 Å². The Bertz CT molecular complexity index is 339. The van der Waals surface area contributed by atoms with Gasteiger partial charge in [0.2, 0.25) is 5.91 Å². The van der Waals surface area contributed by atoms with Crippen molar-refractivity contribution in [1.82, 2.24) is 5.32 Å². The number of carbonyl (C=O) groups is 1. The van der Waals surface area contributed by atoms with Crippen molar-refractivity contribution in [3.63, 3.8) is 0 Å². The number of para-hydroxylation sites is 1. The Labute approximate surface area is 94.6 Å². The number of morpholine rings is 1. The standard InChI is InChI=1S/C12H15NO3/c14-12-9-15-8-10(13-12)6-7-16-11-4-2-1-3-5-11/h1-5,10H,6-9H2,(H,13,14). The zero-order valence-electron chi connectivity index (χ0n) is 9.02. The average Bonchev–Trinajstić information content (AvgIpc) is 2.30. The van der Waals surface area contributed by atoms with Crippen molar-refractivity contribution in [2.75, 3.05) is 19.8 Å². The van der Waals surface area contributed by atoms with Gasteiger partial charge in [0.15, 0.2) is 0 Å². The van der Waals surface area contributed by atoms with E-state index in [9.17, 15) is 4.79 Å². The van der Waals surface area contributed by atoms with E-state index in [0.29, 0.717) is 13.2 Å². The molecule has 2 rings (SSSR count). The molecule has 16 heavy (non-hydrogen) atoms. The molecular weight excluding hydrogens is 206 g/mol. The summed E-state index contributed by atoms with van der Waals surface area (Å²) in [5, 5.41) is 2.86. The molecule has 1 aliphatic heterocycles. The van der Waals surface area contributed by atoms with Crippen LogP contribution in [0.15, 0.2) is 30.3 Å². The third-order valence-corrected chi connectivity index (χ3v) is 2.40. The lowest BCUT2D eigenvalue weighted by Gasteiger charge is -2.23. The summed E-state index contributed by atoms with van der Waals surface area (Å²) in [6.45, 7) is 1.33. The molecule has 1 atom stereocenters. The molecule has 0 radical (unpaired) electrons. The first-order chi connectivity index (χ1) is 7.84. The molecule has 4 heteroatoms. The second-order valence-electron chi connectivity index (χ2n) is 3.73. The molecule has 1 aromatic rings. The minimum Gasteiger partial charge on any atom is -0.494 e. The van der Waals surface area contributed by atoms with E-state index in [1.807, 2.05) is 30.3 Å². The van der Waals surface area contributed by atoms with E-state index in [1.165, 1.54) is 0 Å². The zero-order valence-corrected chi connectivity index (χ0v) is 9.02. The number of amides is 1. The van der Waals surface area contributed by atoms with Crippen molar-refractivity contribution in [1.29, 1.82) is 0 Å². The number of nitrogens with one attached hydrogen (secondary N) is 1. The summed E-state index contributed by atoms with van der Waals surface area (Å²) in [4.78, 5) is 11.0. The molecule has 1 aromatic carbocycles. The Morgan fingerprint density at radius 2 is 2.19 bits per heavy atom. The van der Waals surface area contributed by atoms with Crippen molar-refractivity contribution in [2.24, 2.45) is 0 Å². The molecule has 4 nitrogen and oxygen atoms in total. The van der Waals surface area contributed by atoms with Crippen LogP contribution in [0.1, 0.15) is 6.42 Å². The third-order valence-electron chi connectivity index (χ3n) is 2.40. The van der Waals surface area contributed by atoms with Gasteiger partial charge in [0, 0.05) is 6.42 Å². The third kappa shape index (κ3) is 3.24. The highest BCUT2D eigenvalue weighted by atomic mass is 16.5. The Kier molecular flexibility index (Phi) is 3.77. The molecular formula is C12H15NO3. The molecule has 0 bridgehead atoms. The van der Waals surface area contributed by atoms with E-state index in [4.69, 9.17) is 9.47 Å². The fourth-order valence-electron chi connectivity index (χ4n) is 1.60. The molecule has 86 valence electrons. The predicted molar refractivity (Wildman–Crippen MR) is 59.3 cm³/mol. The summed E-state index contributed by atoms with van der Waals surface area (Å²) in [5.41, 5.74) is 0. The fourth-order valence-corrected chi connectivity index (χ4v) is 1.60. The quantitative estimate of drug-likeness (QED) is 0.824. The van der Waals surface area contributed by atoms with Gasteiger partial charge >= 0.3 is 0 Å². The number of rotatable bonds is 4. The monoisotopic (exact) mass is 221 g/mol. The Hall–Kier alpha value is -1.55. The molecule has 1 unspecified atom stereocenters. The zero-order chi connectivity index (χ0) is 11.2. The van der Waals surface area contributed by atoms with Crippen LogP contribution in [-0.4, -0.2) is 31.8 Å². The van der Waals surface area contributed by atoms with Crippen molar-refractivity contribution in [3.05, 3.63) is 30.3 Å². The van der Waals surface area contributed by atoms with E-state index in [-0.39, 0.29) is 18.6 Å². The van der Waals surface area contributed by atoms with Crippen LogP contribution in [0.5, 0.6) is 5.75 Å². The highest BCUT2D eigenvalue weighted by Gasteiger charge is 2.18. The summed E-state index contributed by atoms with van der Waals surface area (Å²) < 4.78 is 10.7. The summed E-state index contributed by atoms with van der Waals surface area (Å²) >= 11 is 0. The van der Waals surface area contributed by atoms with Crippen LogP contribution in [0.3, 0.4) is 0 Å². The maximum atomic E-state index is 11.0. The van der Waals surface area contributed by atoms with Crippen LogP contribution < -0.4 is 10.1 Å². The van der Waals surface area contributed by atoms with Gasteiger partial charge < -0.3 is 14.8 Å². The first kappa shape index (κ1) is 11.0. The first-order valence-corrected chi connectivity index (χ1v) is 5.39. The van der Waals surface area contributed by atoms with E-state index >= 15 is 0 Å². The molecule has 1 fully saturated rings. The lowest BCUT2D eigenvalue weighted by atomic mass is 10.2. The number of benzene rings is 1. The van der Waals surface area contributed by atoms with E-state index in [1.54, 1.807) is 0 Å². The van der Waals surface area contributed by atoms with Crippen molar-refractivity contribution in [2.45, 2.75) is 12.5 Å². The topological polar surface area (TPSA) is 47.6 Å². The van der Waals surface area contributed by atoms with Gasteiger partial charge in [-0.1, -0.05) is 18.2 Å². The molecule has 1 N–H and O–H groups in total. The molecule has 0 aliphatic carbocycles. The second kappa shape index (κ2) is 5.51. The predicted octanol–water partition coefficient (Wildman–Crippen LogP) is 0.971. The van der Waals surface area contributed by atoms with E-state index in [2.05, 4.69) is 5.32 Å². The first-order valence-electron chi connectivity index (χ1n) is 5.39. The van der Waals surface area contributed by atoms with Gasteiger partial charge in [0.25, 0.3) is 0 Å². The van der Waals surface area contributed by atoms with Gasteiger partial charge in [-0.05, 0) is 12.1 Å². The summed E-state index contributed by atoms with van der Waals surface area (Å²) in [6, 6.07) is 9.71. The van der Waals surface area contributed by atoms with Crippen LogP contribution in [-0.2, 0) is 9.53 Å². The lowest BCUT2D eigenvalue weighted by molar-refractivity contribution is -0.131. The van der Waals surface area contributed by atoms with Crippen LogP contribution in [0.2, 0.25) is 0 Å². The molecule has 0 aromatic heterocycles. The van der Waals surface area contributed by atoms with Crippen molar-refractivity contribution in [3.8, 4) is 5.75 Å². The normalized spacial score (nSPS) is 20.2. The Morgan fingerprint density at radius 1 is 1.38 bits per heavy atom. The minimum atomic E-state index is -0.0454. The van der Waals surface area contributed by atoms with Crippen molar-refractivity contribution < 1.29 is 14.3 Å². The molecule has 0 saturated carbocycles. The number of hydrogen-bond acceptors (Lipinski definition) is 3. The number of hydrogen-bond donors (Lipinski definition) is 1.